The van der Waals surface area contributed by atoms with Gasteiger partial charge >= 0.3 is 5.97 Å². The monoisotopic (exact) mass is 348 g/mol. The molecule has 1 N–H and O–H groups in total. The highest BCUT2D eigenvalue weighted by molar-refractivity contribution is 6.31. The van der Waals surface area contributed by atoms with E-state index in [2.05, 4.69) is 0 Å². The number of rotatable bonds is 4. The number of nitrogens with zero attached hydrogens (tertiary/aromatic N) is 2. The standard InChI is InChI=1S/C16H10ClFN2O4/c17-12-8-9(18)4-5-10(12)15(16(21)22)19-7-6-11-13(19)2-1-3-14(11)20(23)24/h1-8,15H,(H,21,22). The molecule has 0 aliphatic carbocycles. The molecule has 1 aromatic heterocycles. The van der Waals surface area contributed by atoms with Gasteiger partial charge in [-0.05, 0) is 24.3 Å². The van der Waals surface area contributed by atoms with E-state index in [9.17, 15) is 24.4 Å². The van der Waals surface area contributed by atoms with Crippen LogP contribution in [0, 0.1) is 15.9 Å². The molecule has 0 aliphatic heterocycles. The van der Waals surface area contributed by atoms with Crippen molar-refractivity contribution >= 4 is 34.2 Å². The Balaban J connectivity index is 2.24. The van der Waals surface area contributed by atoms with Crippen LogP contribution in [-0.2, 0) is 4.79 Å². The first-order valence-corrected chi connectivity index (χ1v) is 7.19. The summed E-state index contributed by atoms with van der Waals surface area (Å²) in [5.41, 5.74) is 0.437. The molecule has 3 rings (SSSR count). The quantitative estimate of drug-likeness (QED) is 0.570. The molecule has 122 valence electrons. The summed E-state index contributed by atoms with van der Waals surface area (Å²) in [6.07, 6.45) is 1.44. The summed E-state index contributed by atoms with van der Waals surface area (Å²) in [5, 5.41) is 21.0. The number of carboxylic acids is 1. The van der Waals surface area contributed by atoms with Crippen LogP contribution >= 0.6 is 11.6 Å². The van der Waals surface area contributed by atoms with Gasteiger partial charge in [0.25, 0.3) is 5.69 Å². The lowest BCUT2D eigenvalue weighted by atomic mass is 10.1. The third kappa shape index (κ3) is 2.59. The van der Waals surface area contributed by atoms with Crippen LogP contribution in [0.25, 0.3) is 10.9 Å². The first-order valence-electron chi connectivity index (χ1n) is 6.82. The maximum atomic E-state index is 13.2. The van der Waals surface area contributed by atoms with Gasteiger partial charge in [0.1, 0.15) is 5.82 Å². The van der Waals surface area contributed by atoms with Crippen LogP contribution in [0.2, 0.25) is 5.02 Å². The number of non-ortho nitro benzene ring substituents is 1. The largest absolute Gasteiger partial charge is 0.479 e. The van der Waals surface area contributed by atoms with Gasteiger partial charge in [-0.1, -0.05) is 23.7 Å². The molecule has 1 atom stereocenters. The van der Waals surface area contributed by atoms with Crippen LogP contribution in [-0.4, -0.2) is 20.6 Å². The molecule has 0 saturated heterocycles. The summed E-state index contributed by atoms with van der Waals surface area (Å²) in [5.74, 6) is -1.80. The molecule has 0 saturated carbocycles. The molecule has 0 aliphatic rings. The molecule has 6 nitrogen and oxygen atoms in total. The van der Waals surface area contributed by atoms with Crippen molar-refractivity contribution in [2.75, 3.05) is 0 Å². The van der Waals surface area contributed by atoms with Crippen LogP contribution < -0.4 is 0 Å². The molecular weight excluding hydrogens is 339 g/mol. The van der Waals surface area contributed by atoms with Crippen molar-refractivity contribution in [2.24, 2.45) is 0 Å². The third-order valence-electron chi connectivity index (χ3n) is 3.71. The van der Waals surface area contributed by atoms with Gasteiger partial charge in [0.2, 0.25) is 0 Å². The van der Waals surface area contributed by atoms with Crippen molar-refractivity contribution in [3.05, 3.63) is 75.2 Å². The molecule has 2 aromatic carbocycles. The van der Waals surface area contributed by atoms with Crippen molar-refractivity contribution < 1.29 is 19.2 Å². The predicted octanol–water partition coefficient (Wildman–Crippen LogP) is 4.02. The Morgan fingerprint density at radius 2 is 2.04 bits per heavy atom. The average Bonchev–Trinajstić information content (AvgIpc) is 2.93. The summed E-state index contributed by atoms with van der Waals surface area (Å²) >= 11 is 5.99. The maximum Gasteiger partial charge on any atom is 0.331 e. The zero-order chi connectivity index (χ0) is 17.4. The van der Waals surface area contributed by atoms with Crippen molar-refractivity contribution in [3.63, 3.8) is 0 Å². The van der Waals surface area contributed by atoms with Crippen LogP contribution in [0.15, 0.2) is 48.7 Å². The second kappa shape index (κ2) is 5.93. The SMILES string of the molecule is O=C(O)C(c1ccc(F)cc1Cl)n1ccc2c([N+](=O)[O-])cccc21. The summed E-state index contributed by atoms with van der Waals surface area (Å²) in [6, 6.07) is 8.07. The number of benzene rings is 2. The number of nitro benzene ring substituents is 1. The van der Waals surface area contributed by atoms with Crippen molar-refractivity contribution in [3.8, 4) is 0 Å². The number of hydrogen-bond acceptors (Lipinski definition) is 3. The lowest BCUT2D eigenvalue weighted by Gasteiger charge is -2.17. The number of halogens is 2. The molecule has 0 fully saturated rings. The van der Waals surface area contributed by atoms with Crippen LogP contribution in [0.1, 0.15) is 11.6 Å². The molecular formula is C16H10ClFN2O4. The summed E-state index contributed by atoms with van der Waals surface area (Å²) in [7, 11) is 0. The molecule has 0 spiro atoms. The van der Waals surface area contributed by atoms with Gasteiger partial charge in [-0.3, -0.25) is 10.1 Å². The molecule has 1 unspecified atom stereocenters. The Labute approximate surface area is 139 Å². The van der Waals surface area contributed by atoms with E-state index in [1.807, 2.05) is 0 Å². The van der Waals surface area contributed by atoms with Crippen LogP contribution in [0.3, 0.4) is 0 Å². The summed E-state index contributed by atoms with van der Waals surface area (Å²) in [6.45, 7) is 0. The zero-order valence-electron chi connectivity index (χ0n) is 12.0. The molecule has 0 amide bonds. The fourth-order valence-electron chi connectivity index (χ4n) is 2.68. The van der Waals surface area contributed by atoms with E-state index in [-0.39, 0.29) is 16.3 Å². The van der Waals surface area contributed by atoms with E-state index in [1.54, 1.807) is 6.07 Å². The Morgan fingerprint density at radius 1 is 1.29 bits per heavy atom. The van der Waals surface area contributed by atoms with Gasteiger partial charge < -0.3 is 9.67 Å². The smallest absolute Gasteiger partial charge is 0.331 e. The topological polar surface area (TPSA) is 85.4 Å². The lowest BCUT2D eigenvalue weighted by Crippen LogP contribution is -2.20. The lowest BCUT2D eigenvalue weighted by molar-refractivity contribution is -0.383. The van der Waals surface area contributed by atoms with E-state index in [0.29, 0.717) is 10.9 Å². The Bertz CT molecular complexity index is 970. The number of carboxylic acid groups (broad SMARTS) is 1. The van der Waals surface area contributed by atoms with E-state index in [4.69, 9.17) is 11.6 Å². The van der Waals surface area contributed by atoms with Gasteiger partial charge in [0.05, 0.1) is 15.8 Å². The highest BCUT2D eigenvalue weighted by Gasteiger charge is 2.27. The van der Waals surface area contributed by atoms with E-state index >= 15 is 0 Å². The minimum absolute atomic E-state index is 0.0327. The Kier molecular flexibility index (Phi) is 3.94. The maximum absolute atomic E-state index is 13.2. The van der Waals surface area contributed by atoms with Gasteiger partial charge in [-0.15, -0.1) is 0 Å². The number of carbonyl (C=O) groups is 1. The first-order chi connectivity index (χ1) is 11.4. The van der Waals surface area contributed by atoms with E-state index in [0.717, 1.165) is 12.1 Å². The second-order valence-corrected chi connectivity index (χ2v) is 5.50. The molecule has 0 bridgehead atoms. The zero-order valence-corrected chi connectivity index (χ0v) is 12.8. The van der Waals surface area contributed by atoms with Gasteiger partial charge in [0.15, 0.2) is 6.04 Å². The van der Waals surface area contributed by atoms with Crippen LogP contribution in [0.5, 0.6) is 0 Å². The minimum atomic E-state index is -1.24. The molecule has 0 radical (unpaired) electrons. The van der Waals surface area contributed by atoms with Crippen molar-refractivity contribution in [1.29, 1.82) is 0 Å². The van der Waals surface area contributed by atoms with Crippen molar-refractivity contribution in [1.82, 2.24) is 4.57 Å². The minimum Gasteiger partial charge on any atom is -0.479 e. The van der Waals surface area contributed by atoms with Gasteiger partial charge in [-0.25, -0.2) is 9.18 Å². The number of aromatic nitrogens is 1. The summed E-state index contributed by atoms with van der Waals surface area (Å²) < 4.78 is 14.6. The Hall–Kier alpha value is -2.93. The third-order valence-corrected chi connectivity index (χ3v) is 4.03. The number of fused-ring (bicyclic) bond motifs is 1. The summed E-state index contributed by atoms with van der Waals surface area (Å²) in [4.78, 5) is 22.4. The highest BCUT2D eigenvalue weighted by Crippen LogP contribution is 2.33. The number of aliphatic carboxylic acids is 1. The molecule has 3 aromatic rings. The van der Waals surface area contributed by atoms with E-state index < -0.39 is 22.8 Å². The molecule has 1 heterocycles. The van der Waals surface area contributed by atoms with Crippen molar-refractivity contribution in [2.45, 2.75) is 6.04 Å². The first kappa shape index (κ1) is 15.9. The fraction of sp³-hybridized carbons (Fsp3) is 0.0625. The van der Waals surface area contributed by atoms with Gasteiger partial charge in [-0.2, -0.15) is 0 Å². The number of hydrogen-bond donors (Lipinski definition) is 1. The number of nitro groups is 1. The van der Waals surface area contributed by atoms with Gasteiger partial charge in [0, 0.05) is 22.8 Å². The average molecular weight is 349 g/mol. The highest BCUT2D eigenvalue weighted by atomic mass is 35.5. The molecule has 8 heteroatoms. The predicted molar refractivity (Wildman–Crippen MR) is 85.8 cm³/mol. The Morgan fingerprint density at radius 3 is 2.67 bits per heavy atom. The normalized spacial score (nSPS) is 12.2. The second-order valence-electron chi connectivity index (χ2n) is 5.10. The molecule has 24 heavy (non-hydrogen) atoms. The van der Waals surface area contributed by atoms with Crippen LogP contribution in [0.4, 0.5) is 10.1 Å². The fourth-order valence-corrected chi connectivity index (χ4v) is 2.95. The van der Waals surface area contributed by atoms with E-state index in [1.165, 1.54) is 35.0 Å².